The molecular weight excluding hydrogens is 283 g/mol. The summed E-state index contributed by atoms with van der Waals surface area (Å²) in [6.45, 7) is 4.25. The van der Waals surface area contributed by atoms with Crippen molar-refractivity contribution >= 4 is 3.21 Å². The van der Waals surface area contributed by atoms with Crippen LogP contribution in [0.5, 0.6) is 0 Å². The fourth-order valence-corrected chi connectivity index (χ4v) is 0.680. The topological polar surface area (TPSA) is 0 Å². The van der Waals surface area contributed by atoms with E-state index >= 15 is 0 Å². The Labute approximate surface area is 116 Å². The smallest absolute Gasteiger partial charge is 0.109 e. The predicted molar refractivity (Wildman–Crippen MR) is 60.6 cm³/mol. The summed E-state index contributed by atoms with van der Waals surface area (Å²) < 4.78 is 1.51. The van der Waals surface area contributed by atoms with Gasteiger partial charge in [-0.15, -0.1) is 12.8 Å². The van der Waals surface area contributed by atoms with Gasteiger partial charge in [0, 0.05) is 0 Å². The van der Waals surface area contributed by atoms with Gasteiger partial charge < -0.3 is 13.8 Å². The summed E-state index contributed by atoms with van der Waals surface area (Å²) in [5, 5.41) is 0. The van der Waals surface area contributed by atoms with Crippen LogP contribution in [-0.2, 0) is 24.2 Å². The molecule has 0 spiro atoms. The Morgan fingerprint density at radius 1 is 1.07 bits per heavy atom. The third-order valence-electron chi connectivity index (χ3n) is 1.17. The Hall–Kier alpha value is 0.00312. The van der Waals surface area contributed by atoms with Gasteiger partial charge in [0.05, 0.1) is 0 Å². The first kappa shape index (κ1) is 17.4. The van der Waals surface area contributed by atoms with E-state index in [0.717, 1.165) is 12.8 Å². The average molecular weight is 300 g/mol. The molecule has 0 aromatic carbocycles. The van der Waals surface area contributed by atoms with Crippen molar-refractivity contribution < 1.29 is 38.1 Å². The second-order valence-electron chi connectivity index (χ2n) is 3.01. The average Bonchev–Trinajstić information content (AvgIpc) is 2.83. The molecule has 0 radical (unpaired) electrons. The van der Waals surface area contributed by atoms with Crippen LogP contribution in [-0.4, -0.2) is 3.21 Å². The minimum Gasteiger partial charge on any atom is -1.00 e. The number of rotatable bonds is 0. The summed E-state index contributed by atoms with van der Waals surface area (Å²) in [6.07, 6.45) is 20.0. The van der Waals surface area contributed by atoms with Crippen LogP contribution < -0.4 is 12.4 Å². The molecule has 0 nitrogen and oxygen atoms in total. The molecule has 2 aliphatic rings. The van der Waals surface area contributed by atoms with Gasteiger partial charge in [-0.25, -0.2) is 24.3 Å². The maximum atomic E-state index is 2.99. The third kappa shape index (κ3) is 20.2. The summed E-state index contributed by atoms with van der Waals surface area (Å²) >= 11 is 1.55. The molecule has 82 valence electrons. The van der Waals surface area contributed by atoms with Crippen molar-refractivity contribution in [2.24, 2.45) is 0 Å². The van der Waals surface area contributed by atoms with Crippen molar-refractivity contribution in [3.63, 3.8) is 0 Å². The van der Waals surface area contributed by atoms with Gasteiger partial charge in [-0.05, 0) is 0 Å². The largest absolute Gasteiger partial charge is 1.00 e. The third-order valence-corrected chi connectivity index (χ3v) is 1.17. The van der Waals surface area contributed by atoms with E-state index in [-0.39, 0.29) is 13.8 Å². The summed E-state index contributed by atoms with van der Waals surface area (Å²) in [6, 6.07) is 0. The quantitative estimate of drug-likeness (QED) is 0.571. The van der Waals surface area contributed by atoms with E-state index in [1.54, 1.807) is 24.2 Å². The molecule has 0 saturated carbocycles. The molecule has 0 atom stereocenters. The first-order valence-electron chi connectivity index (χ1n) is 4.68. The molecule has 0 aromatic heterocycles. The standard InChI is InChI=1S/2C5H5.C3H6.ClH.Zr.H/c2*1-2-4-5-3-1;1-3-2;;;/h2*1-3H,4H2;1-2H3;1H;;/q2*-1;;;+2;-1/p-1. The molecule has 0 fully saturated rings. The van der Waals surface area contributed by atoms with E-state index < -0.39 is 0 Å². The fraction of sp³-hybridized carbons (Fsp3) is 0.308. The molecule has 2 rings (SSSR count). The van der Waals surface area contributed by atoms with Gasteiger partial charge in [-0.2, -0.15) is 12.2 Å². The van der Waals surface area contributed by atoms with Crippen molar-refractivity contribution in [1.82, 2.24) is 0 Å². The summed E-state index contributed by atoms with van der Waals surface area (Å²) in [5.74, 6) is 0. The molecule has 0 bridgehead atoms. The second kappa shape index (κ2) is 14.0. The second-order valence-corrected chi connectivity index (χ2v) is 5.46. The van der Waals surface area contributed by atoms with Gasteiger partial charge in [0.2, 0.25) is 0 Å². The van der Waals surface area contributed by atoms with Gasteiger partial charge in [0.1, 0.15) is 0 Å². The molecule has 0 amide bonds. The van der Waals surface area contributed by atoms with Gasteiger partial charge in [0.15, 0.2) is 0 Å². The maximum absolute atomic E-state index is 2.99. The molecule has 0 aromatic rings. The zero-order chi connectivity index (χ0) is 10.6. The summed E-state index contributed by atoms with van der Waals surface area (Å²) in [7, 11) is 0. The Kier molecular flexibility index (Phi) is 16.2. The van der Waals surface area contributed by atoms with Crippen molar-refractivity contribution in [2.45, 2.75) is 26.7 Å². The normalized spacial score (nSPS) is 13.6. The van der Waals surface area contributed by atoms with Crippen LogP contribution in [0, 0.1) is 12.2 Å². The van der Waals surface area contributed by atoms with Crippen molar-refractivity contribution in [3.05, 3.63) is 48.6 Å². The first-order valence-corrected chi connectivity index (χ1v) is 5.91. The van der Waals surface area contributed by atoms with E-state index in [0.29, 0.717) is 0 Å². The Morgan fingerprint density at radius 2 is 1.40 bits per heavy atom. The SMILES string of the molecule is C[C](C)=[Zr+2].[C-]1=CC=CC1.[C-]1=CC=CC1.[Cl-].[H-]. The monoisotopic (exact) mass is 298 g/mol. The summed E-state index contributed by atoms with van der Waals surface area (Å²) in [5.41, 5.74) is 0. The van der Waals surface area contributed by atoms with Gasteiger partial charge >= 0.3 is 41.3 Å². The molecule has 0 N–H and O–H groups in total. The van der Waals surface area contributed by atoms with Crippen LogP contribution in [0.3, 0.4) is 0 Å². The Morgan fingerprint density at radius 3 is 1.47 bits per heavy atom. The zero-order valence-electron chi connectivity index (χ0n) is 10.3. The van der Waals surface area contributed by atoms with Crippen LogP contribution in [0.15, 0.2) is 36.5 Å². The zero-order valence-corrected chi connectivity index (χ0v) is 12.5. The van der Waals surface area contributed by atoms with E-state index in [1.165, 1.54) is 3.21 Å². The summed E-state index contributed by atoms with van der Waals surface area (Å²) in [4.78, 5) is 0. The van der Waals surface area contributed by atoms with Crippen LogP contribution in [0.2, 0.25) is 0 Å². The molecule has 0 unspecified atom stereocenters. The fourth-order valence-electron chi connectivity index (χ4n) is 0.680. The van der Waals surface area contributed by atoms with Gasteiger partial charge in [-0.1, -0.05) is 0 Å². The van der Waals surface area contributed by atoms with Crippen LogP contribution in [0.4, 0.5) is 0 Å². The van der Waals surface area contributed by atoms with E-state index in [2.05, 4.69) is 38.2 Å². The molecule has 0 heterocycles. The van der Waals surface area contributed by atoms with Gasteiger partial charge in [-0.3, -0.25) is 12.2 Å². The van der Waals surface area contributed by atoms with E-state index in [9.17, 15) is 0 Å². The molecule has 15 heavy (non-hydrogen) atoms. The van der Waals surface area contributed by atoms with E-state index in [4.69, 9.17) is 0 Å². The maximum Gasteiger partial charge on any atom is -0.109 e. The minimum atomic E-state index is 0. The van der Waals surface area contributed by atoms with Crippen molar-refractivity contribution in [2.75, 3.05) is 0 Å². The van der Waals surface area contributed by atoms with Crippen molar-refractivity contribution in [1.29, 1.82) is 0 Å². The van der Waals surface area contributed by atoms with E-state index in [1.807, 2.05) is 24.3 Å². The van der Waals surface area contributed by atoms with Crippen LogP contribution in [0.25, 0.3) is 0 Å². The number of allylic oxidation sites excluding steroid dienone is 8. The molecule has 2 aliphatic carbocycles. The van der Waals surface area contributed by atoms with Gasteiger partial charge in [0.25, 0.3) is 0 Å². The Bertz CT molecular complexity index is 219. The first-order chi connectivity index (χ1) is 6.73. The minimum absolute atomic E-state index is 0. The molecular formula is C13H17ClZr-2. The molecule has 2 heteroatoms. The molecule has 0 aliphatic heterocycles. The predicted octanol–water partition coefficient (Wildman–Crippen LogP) is 0.473. The number of hydrogen-bond acceptors (Lipinski definition) is 0. The number of hydrogen-bond donors (Lipinski definition) is 0. The number of halogens is 1. The van der Waals surface area contributed by atoms with Crippen molar-refractivity contribution in [3.8, 4) is 0 Å². The molecule has 0 saturated heterocycles. The van der Waals surface area contributed by atoms with Crippen LogP contribution >= 0.6 is 0 Å². The Balaban J connectivity index is -0.000000151. The van der Waals surface area contributed by atoms with Crippen LogP contribution in [0.1, 0.15) is 28.1 Å².